The predicted molar refractivity (Wildman–Crippen MR) is 133 cm³/mol. The zero-order valence-electron chi connectivity index (χ0n) is 20.7. The molecule has 0 saturated heterocycles. The molecule has 0 amide bonds. The van der Waals surface area contributed by atoms with Crippen LogP contribution in [0.4, 0.5) is 0 Å². The van der Waals surface area contributed by atoms with Crippen LogP contribution in [0.3, 0.4) is 0 Å². The second kappa shape index (κ2) is 8.36. The standard InChI is InChI=1S/C29H33N2.Ir/c1-17-14-20(15-18(2)19(17)3)26-22-10-11-23-24(21(22)12-13-30-26)16-25(28(4,5)6)31-27(23)29(7,8)9;/h10-14,16H,1-9H3;/q-1;. The average Bonchev–Trinajstić information content (AvgIpc) is 2.68. The molecule has 3 heteroatoms. The predicted octanol–water partition coefficient (Wildman–Crippen LogP) is 7.77. The SMILES string of the molecule is Cc1[c-]c(-c2nccc3c2ccc2c(C(C)(C)C)nc(C(C)(C)C)cc23)cc(C)c1C.[Ir]. The maximum Gasteiger partial charge on any atom is 0.0539 e. The van der Waals surface area contributed by atoms with Crippen LogP contribution >= 0.6 is 0 Å². The Morgan fingerprint density at radius 2 is 1.41 bits per heavy atom. The second-order valence-corrected chi connectivity index (χ2v) is 10.9. The maximum atomic E-state index is 5.14. The molecule has 2 nitrogen and oxygen atoms in total. The van der Waals surface area contributed by atoms with Crippen molar-refractivity contribution in [3.8, 4) is 11.3 Å². The van der Waals surface area contributed by atoms with E-state index in [9.17, 15) is 0 Å². The van der Waals surface area contributed by atoms with E-state index in [1.807, 2.05) is 6.20 Å². The Morgan fingerprint density at radius 3 is 2.00 bits per heavy atom. The number of fused-ring (bicyclic) bond motifs is 3. The summed E-state index contributed by atoms with van der Waals surface area (Å²) in [5.74, 6) is 0. The molecular formula is C29H33IrN2-. The summed E-state index contributed by atoms with van der Waals surface area (Å²) >= 11 is 0. The van der Waals surface area contributed by atoms with Gasteiger partial charge < -0.3 is 4.98 Å². The minimum Gasteiger partial charge on any atom is -0.304 e. The van der Waals surface area contributed by atoms with Gasteiger partial charge in [-0.25, -0.2) is 0 Å². The third-order valence-corrected chi connectivity index (χ3v) is 6.33. The molecule has 0 unspecified atom stereocenters. The van der Waals surface area contributed by atoms with E-state index in [4.69, 9.17) is 9.97 Å². The van der Waals surface area contributed by atoms with Crippen molar-refractivity contribution < 1.29 is 20.1 Å². The molecule has 0 aliphatic rings. The van der Waals surface area contributed by atoms with Gasteiger partial charge in [-0.15, -0.1) is 34.4 Å². The quantitative estimate of drug-likeness (QED) is 0.165. The molecule has 0 bridgehead atoms. The number of aryl methyl sites for hydroxylation is 2. The molecule has 4 rings (SSSR count). The van der Waals surface area contributed by atoms with Crippen LogP contribution in [0.2, 0.25) is 0 Å². The monoisotopic (exact) mass is 602 g/mol. The molecule has 0 spiro atoms. The number of hydrogen-bond acceptors (Lipinski definition) is 2. The second-order valence-electron chi connectivity index (χ2n) is 10.9. The fourth-order valence-corrected chi connectivity index (χ4v) is 4.24. The molecule has 0 atom stereocenters. The Kier molecular flexibility index (Phi) is 6.41. The van der Waals surface area contributed by atoms with Crippen molar-refractivity contribution in [2.45, 2.75) is 73.1 Å². The molecule has 0 saturated carbocycles. The zero-order valence-corrected chi connectivity index (χ0v) is 23.1. The Hall–Kier alpha value is -2.09. The minimum atomic E-state index is -0.0397. The summed E-state index contributed by atoms with van der Waals surface area (Å²) in [6, 6.07) is 14.7. The van der Waals surface area contributed by atoms with Crippen molar-refractivity contribution >= 4 is 21.5 Å². The van der Waals surface area contributed by atoms with E-state index in [0.29, 0.717) is 0 Å². The van der Waals surface area contributed by atoms with Crippen molar-refractivity contribution in [2.75, 3.05) is 0 Å². The molecule has 2 aromatic carbocycles. The zero-order chi connectivity index (χ0) is 22.7. The van der Waals surface area contributed by atoms with Crippen LogP contribution in [0.1, 0.15) is 69.6 Å². The average molecular weight is 602 g/mol. The van der Waals surface area contributed by atoms with Crippen molar-refractivity contribution in [3.05, 3.63) is 70.7 Å². The molecule has 0 N–H and O–H groups in total. The van der Waals surface area contributed by atoms with Crippen LogP contribution < -0.4 is 0 Å². The maximum absolute atomic E-state index is 5.14. The fourth-order valence-electron chi connectivity index (χ4n) is 4.24. The first-order chi connectivity index (χ1) is 14.4. The van der Waals surface area contributed by atoms with Gasteiger partial charge in [0.15, 0.2) is 0 Å². The number of rotatable bonds is 1. The number of pyridine rings is 2. The molecule has 0 aliphatic heterocycles. The largest absolute Gasteiger partial charge is 0.304 e. The summed E-state index contributed by atoms with van der Waals surface area (Å²) in [7, 11) is 0. The van der Waals surface area contributed by atoms with Gasteiger partial charge in [0.2, 0.25) is 0 Å². The Balaban J connectivity index is 0.00000289. The van der Waals surface area contributed by atoms with Crippen molar-refractivity contribution in [1.29, 1.82) is 0 Å². The van der Waals surface area contributed by atoms with E-state index in [1.54, 1.807) is 0 Å². The van der Waals surface area contributed by atoms with Gasteiger partial charge in [-0.3, -0.25) is 4.98 Å². The van der Waals surface area contributed by atoms with Crippen molar-refractivity contribution in [3.63, 3.8) is 0 Å². The summed E-state index contributed by atoms with van der Waals surface area (Å²) in [5.41, 5.74) is 8.04. The third kappa shape index (κ3) is 4.26. The third-order valence-electron chi connectivity index (χ3n) is 6.33. The normalized spacial score (nSPS) is 12.3. The van der Waals surface area contributed by atoms with Gasteiger partial charge in [0.1, 0.15) is 0 Å². The number of benzene rings is 2. The van der Waals surface area contributed by atoms with Crippen LogP contribution in [-0.2, 0) is 30.9 Å². The van der Waals surface area contributed by atoms with E-state index < -0.39 is 0 Å². The topological polar surface area (TPSA) is 25.8 Å². The summed E-state index contributed by atoms with van der Waals surface area (Å²) in [6.07, 6.45) is 1.93. The van der Waals surface area contributed by atoms with E-state index in [0.717, 1.165) is 22.6 Å². The van der Waals surface area contributed by atoms with Gasteiger partial charge in [0.05, 0.1) is 5.69 Å². The first-order valence-electron chi connectivity index (χ1n) is 11.1. The van der Waals surface area contributed by atoms with Gasteiger partial charge in [0, 0.05) is 48.2 Å². The molecular weight excluding hydrogens is 569 g/mol. The van der Waals surface area contributed by atoms with Crippen LogP contribution in [0.25, 0.3) is 32.8 Å². The fraction of sp³-hybridized carbons (Fsp3) is 0.379. The number of nitrogens with zero attached hydrogens (tertiary/aromatic N) is 2. The molecule has 2 aromatic heterocycles. The van der Waals surface area contributed by atoms with Crippen LogP contribution in [0.15, 0.2) is 36.5 Å². The van der Waals surface area contributed by atoms with Gasteiger partial charge in [-0.1, -0.05) is 74.4 Å². The molecule has 2 heterocycles. The number of hydrogen-bond donors (Lipinski definition) is 0. The molecule has 169 valence electrons. The summed E-state index contributed by atoms with van der Waals surface area (Å²) in [5, 5.41) is 4.88. The van der Waals surface area contributed by atoms with E-state index >= 15 is 0 Å². The Bertz CT molecular complexity index is 1300. The van der Waals surface area contributed by atoms with E-state index in [1.165, 1.54) is 38.2 Å². The van der Waals surface area contributed by atoms with Crippen LogP contribution in [0, 0.1) is 26.8 Å². The van der Waals surface area contributed by atoms with Crippen molar-refractivity contribution in [2.24, 2.45) is 0 Å². The number of aromatic nitrogens is 2. The van der Waals surface area contributed by atoms with Gasteiger partial charge >= 0.3 is 0 Å². The molecule has 1 radical (unpaired) electrons. The van der Waals surface area contributed by atoms with Gasteiger partial charge in [0.25, 0.3) is 0 Å². The van der Waals surface area contributed by atoms with Crippen molar-refractivity contribution in [1.82, 2.24) is 9.97 Å². The molecule has 4 aromatic rings. The smallest absolute Gasteiger partial charge is 0.0539 e. The Morgan fingerprint density at radius 1 is 0.750 bits per heavy atom. The van der Waals surface area contributed by atoms with E-state index in [-0.39, 0.29) is 30.9 Å². The summed E-state index contributed by atoms with van der Waals surface area (Å²) < 4.78 is 0. The van der Waals surface area contributed by atoms with Gasteiger partial charge in [-0.2, -0.15) is 0 Å². The first-order valence-corrected chi connectivity index (χ1v) is 11.1. The van der Waals surface area contributed by atoms with Crippen LogP contribution in [-0.4, -0.2) is 9.97 Å². The molecule has 32 heavy (non-hydrogen) atoms. The summed E-state index contributed by atoms with van der Waals surface area (Å²) in [6.45, 7) is 19.9. The first kappa shape index (κ1) is 24.5. The molecule has 0 fully saturated rings. The van der Waals surface area contributed by atoms with Gasteiger partial charge in [-0.05, 0) is 34.0 Å². The molecule has 0 aliphatic carbocycles. The van der Waals surface area contributed by atoms with E-state index in [2.05, 4.69) is 98.7 Å². The minimum absolute atomic E-state index is 0. The summed E-state index contributed by atoms with van der Waals surface area (Å²) in [4.78, 5) is 9.93. The Labute approximate surface area is 206 Å². The van der Waals surface area contributed by atoms with Crippen LogP contribution in [0.5, 0.6) is 0 Å².